The van der Waals surface area contributed by atoms with Crippen LogP contribution in [-0.2, 0) is 30.7 Å². The number of carboxylic acid groups (broad SMARTS) is 1. The monoisotopic (exact) mass is 662 g/mol. The summed E-state index contributed by atoms with van der Waals surface area (Å²) in [5.74, 6) is -0.437. The van der Waals surface area contributed by atoms with Gasteiger partial charge in [0.05, 0.1) is 35.2 Å². The van der Waals surface area contributed by atoms with Gasteiger partial charge in [0.15, 0.2) is 5.69 Å². The van der Waals surface area contributed by atoms with Gasteiger partial charge in [-0.05, 0) is 60.6 Å². The lowest BCUT2D eigenvalue weighted by atomic mass is 9.91. The Hall–Kier alpha value is -3.93. The number of rotatable bonds is 8. The first-order valence-corrected chi connectivity index (χ1v) is 16.9. The van der Waals surface area contributed by atoms with Gasteiger partial charge in [-0.1, -0.05) is 49.2 Å². The standard InChI is InChI=1S/C35H43ClN6O5/c1-4-5-11-38(3)34(44)32-31(36)23(2)42(37-32)30-19-25-10-12-40(35(45)46)20-27(25)18-29(30)33(43)41-21-26-9-7-6-8-24(26)17-28(41)22-39-13-15-47-16-14-39/h6-9,18-19,28H,4-5,10-17,20-22H2,1-3H3,(H,45,46)/t28-/m0/s1. The molecule has 0 aliphatic carbocycles. The second-order valence-corrected chi connectivity index (χ2v) is 13.2. The van der Waals surface area contributed by atoms with E-state index in [1.54, 1.807) is 23.6 Å². The number of hydrogen-bond donors (Lipinski definition) is 1. The summed E-state index contributed by atoms with van der Waals surface area (Å²) in [6.45, 7) is 9.12. The summed E-state index contributed by atoms with van der Waals surface area (Å²) in [5, 5.41) is 14.7. The smallest absolute Gasteiger partial charge is 0.407 e. The van der Waals surface area contributed by atoms with E-state index in [0.717, 1.165) is 49.0 Å². The molecule has 12 heteroatoms. The van der Waals surface area contributed by atoms with Crippen molar-refractivity contribution in [2.45, 2.75) is 58.7 Å². The number of morpholine rings is 1. The minimum atomic E-state index is -0.990. The Labute approximate surface area is 280 Å². The molecule has 250 valence electrons. The topological polar surface area (TPSA) is 111 Å². The molecule has 3 aromatic rings. The maximum atomic E-state index is 14.9. The summed E-state index contributed by atoms with van der Waals surface area (Å²) in [5.41, 5.74) is 5.73. The van der Waals surface area contributed by atoms with E-state index in [4.69, 9.17) is 21.4 Å². The molecule has 1 saturated heterocycles. The van der Waals surface area contributed by atoms with Crippen LogP contribution in [0, 0.1) is 6.92 Å². The van der Waals surface area contributed by atoms with Crippen molar-refractivity contribution in [3.63, 3.8) is 0 Å². The van der Waals surface area contributed by atoms with E-state index >= 15 is 0 Å². The fourth-order valence-electron chi connectivity index (χ4n) is 6.86. The Morgan fingerprint density at radius 2 is 1.79 bits per heavy atom. The highest BCUT2D eigenvalue weighted by Crippen LogP contribution is 2.33. The van der Waals surface area contributed by atoms with E-state index in [2.05, 4.69) is 24.0 Å². The molecule has 1 N–H and O–H groups in total. The molecule has 1 fully saturated rings. The fraction of sp³-hybridized carbons (Fsp3) is 0.486. The number of aromatic nitrogens is 2. The lowest BCUT2D eigenvalue weighted by Gasteiger charge is -2.41. The molecule has 0 radical (unpaired) electrons. The van der Waals surface area contributed by atoms with Gasteiger partial charge in [-0.3, -0.25) is 14.5 Å². The van der Waals surface area contributed by atoms with Crippen LogP contribution in [0.1, 0.15) is 68.6 Å². The summed E-state index contributed by atoms with van der Waals surface area (Å²) in [6, 6.07) is 11.9. The maximum Gasteiger partial charge on any atom is 0.407 e. The molecule has 1 aromatic heterocycles. The normalized spacial score (nSPS) is 18.1. The first-order valence-electron chi connectivity index (χ1n) is 16.5. The molecular weight excluding hydrogens is 620 g/mol. The largest absolute Gasteiger partial charge is 0.465 e. The van der Waals surface area contributed by atoms with Crippen molar-refractivity contribution in [1.29, 1.82) is 0 Å². The zero-order valence-corrected chi connectivity index (χ0v) is 28.1. The zero-order chi connectivity index (χ0) is 33.2. The summed E-state index contributed by atoms with van der Waals surface area (Å²) >= 11 is 6.79. The number of carbonyl (C=O) groups is 3. The van der Waals surface area contributed by atoms with Gasteiger partial charge >= 0.3 is 6.09 Å². The minimum absolute atomic E-state index is 0.0819. The van der Waals surface area contributed by atoms with Crippen LogP contribution in [0.25, 0.3) is 5.69 Å². The highest BCUT2D eigenvalue weighted by Gasteiger charge is 2.35. The van der Waals surface area contributed by atoms with Crippen LogP contribution in [0.3, 0.4) is 0 Å². The van der Waals surface area contributed by atoms with Gasteiger partial charge in [0, 0.05) is 58.9 Å². The average Bonchev–Trinajstić information content (AvgIpc) is 3.38. The molecule has 2 aromatic carbocycles. The molecule has 0 unspecified atom stereocenters. The summed E-state index contributed by atoms with van der Waals surface area (Å²) < 4.78 is 7.21. The van der Waals surface area contributed by atoms with E-state index in [0.29, 0.717) is 62.8 Å². The molecule has 0 saturated carbocycles. The highest BCUT2D eigenvalue weighted by molar-refractivity contribution is 6.34. The molecule has 6 rings (SSSR count). The Bertz CT molecular complexity index is 1670. The number of ether oxygens (including phenoxy) is 1. The van der Waals surface area contributed by atoms with E-state index in [-0.39, 0.29) is 35.1 Å². The third-order valence-electron chi connectivity index (χ3n) is 9.69. The summed E-state index contributed by atoms with van der Waals surface area (Å²) in [6.07, 6.45) is 2.05. The molecule has 47 heavy (non-hydrogen) atoms. The number of halogens is 1. The lowest BCUT2D eigenvalue weighted by Crippen LogP contribution is -2.52. The van der Waals surface area contributed by atoms with Gasteiger partial charge in [-0.25, -0.2) is 9.48 Å². The van der Waals surface area contributed by atoms with Gasteiger partial charge in [-0.15, -0.1) is 0 Å². The molecule has 3 amide bonds. The minimum Gasteiger partial charge on any atom is -0.465 e. The molecule has 3 aliphatic rings. The zero-order valence-electron chi connectivity index (χ0n) is 27.4. The molecule has 3 aliphatic heterocycles. The Kier molecular flexibility index (Phi) is 9.86. The second-order valence-electron chi connectivity index (χ2n) is 12.8. The molecule has 11 nitrogen and oxygen atoms in total. The van der Waals surface area contributed by atoms with E-state index < -0.39 is 6.09 Å². The number of carbonyl (C=O) groups excluding carboxylic acids is 2. The Morgan fingerprint density at radius 3 is 2.51 bits per heavy atom. The predicted molar refractivity (Wildman–Crippen MR) is 178 cm³/mol. The SMILES string of the molecule is CCCCN(C)C(=O)c1nn(-c2cc3c(cc2C(=O)N2Cc4ccccc4C[C@H]2CN2CCOCC2)CN(C(=O)O)CC3)c(C)c1Cl. The van der Waals surface area contributed by atoms with Crippen LogP contribution in [-0.4, -0.2) is 111 Å². The van der Waals surface area contributed by atoms with E-state index in [1.807, 2.05) is 29.2 Å². The van der Waals surface area contributed by atoms with Gasteiger partial charge in [0.25, 0.3) is 11.8 Å². The first-order chi connectivity index (χ1) is 22.7. The Balaban J connectivity index is 1.44. The number of amides is 3. The molecule has 0 spiro atoms. The number of fused-ring (bicyclic) bond motifs is 2. The summed E-state index contributed by atoms with van der Waals surface area (Å²) in [4.78, 5) is 47.6. The average molecular weight is 663 g/mol. The van der Waals surface area contributed by atoms with Gasteiger partial charge in [0.2, 0.25) is 0 Å². The van der Waals surface area contributed by atoms with Gasteiger partial charge < -0.3 is 24.5 Å². The number of unbranched alkanes of at least 4 members (excludes halogenated alkanes) is 1. The van der Waals surface area contributed by atoms with Crippen LogP contribution >= 0.6 is 11.6 Å². The van der Waals surface area contributed by atoms with E-state index in [9.17, 15) is 19.5 Å². The molecule has 1 atom stereocenters. The third-order valence-corrected chi connectivity index (χ3v) is 10.1. The van der Waals surface area contributed by atoms with Crippen molar-refractivity contribution in [1.82, 2.24) is 29.4 Å². The van der Waals surface area contributed by atoms with Crippen molar-refractivity contribution in [2.24, 2.45) is 0 Å². The highest BCUT2D eigenvalue weighted by atomic mass is 35.5. The lowest BCUT2D eigenvalue weighted by molar-refractivity contribution is 0.0192. The fourth-order valence-corrected chi connectivity index (χ4v) is 7.06. The van der Waals surface area contributed by atoms with Crippen molar-refractivity contribution in [3.8, 4) is 5.69 Å². The summed E-state index contributed by atoms with van der Waals surface area (Å²) in [7, 11) is 1.74. The van der Waals surface area contributed by atoms with Gasteiger partial charge in [0.1, 0.15) is 0 Å². The molecule has 0 bridgehead atoms. The molecular formula is C35H43ClN6O5. The number of hydrogen-bond acceptors (Lipinski definition) is 6. The number of nitrogens with zero attached hydrogens (tertiary/aromatic N) is 6. The van der Waals surface area contributed by atoms with Crippen LogP contribution < -0.4 is 0 Å². The van der Waals surface area contributed by atoms with Gasteiger partial charge in [-0.2, -0.15) is 5.10 Å². The second kappa shape index (κ2) is 14.0. The maximum absolute atomic E-state index is 14.9. The van der Waals surface area contributed by atoms with Crippen molar-refractivity contribution >= 4 is 29.5 Å². The van der Waals surface area contributed by atoms with Crippen LogP contribution in [0.4, 0.5) is 4.79 Å². The van der Waals surface area contributed by atoms with Crippen LogP contribution in [0.5, 0.6) is 0 Å². The number of benzene rings is 2. The van der Waals surface area contributed by atoms with Crippen LogP contribution in [0.2, 0.25) is 5.02 Å². The van der Waals surface area contributed by atoms with E-state index in [1.165, 1.54) is 10.5 Å². The first kappa shape index (κ1) is 33.0. The molecule has 4 heterocycles. The van der Waals surface area contributed by atoms with Crippen molar-refractivity contribution < 1.29 is 24.2 Å². The Morgan fingerprint density at radius 1 is 1.04 bits per heavy atom. The predicted octanol–water partition coefficient (Wildman–Crippen LogP) is 4.64. The third kappa shape index (κ3) is 6.75. The van der Waals surface area contributed by atoms with Crippen molar-refractivity contribution in [3.05, 3.63) is 80.6 Å². The van der Waals surface area contributed by atoms with Crippen molar-refractivity contribution in [2.75, 3.05) is 53.0 Å². The van der Waals surface area contributed by atoms with Crippen LogP contribution in [0.15, 0.2) is 36.4 Å². The quantitative estimate of drug-likeness (QED) is 0.374.